The molecule has 1 heterocycles. The number of hydrogen-bond acceptors (Lipinski definition) is 4. The Morgan fingerprint density at radius 1 is 1.32 bits per heavy atom. The molecule has 0 spiro atoms. The monoisotopic (exact) mass is 303 g/mol. The third-order valence-corrected chi connectivity index (χ3v) is 3.68. The van der Waals surface area contributed by atoms with Gasteiger partial charge < -0.3 is 15.3 Å². The van der Waals surface area contributed by atoms with Crippen molar-refractivity contribution >= 4 is 11.5 Å². The number of nitrogens with one attached hydrogen (secondary N) is 1. The summed E-state index contributed by atoms with van der Waals surface area (Å²) >= 11 is 0. The minimum absolute atomic E-state index is 0.0383. The van der Waals surface area contributed by atoms with Gasteiger partial charge in [0.05, 0.1) is 24.5 Å². The molecule has 0 aliphatic rings. The van der Waals surface area contributed by atoms with E-state index < -0.39 is 0 Å². The summed E-state index contributed by atoms with van der Waals surface area (Å²) in [5.41, 5.74) is 2.46. The summed E-state index contributed by atoms with van der Waals surface area (Å²) in [6.07, 6.45) is 1.75. The van der Waals surface area contributed by atoms with Crippen LogP contribution in [-0.2, 0) is 0 Å². The van der Waals surface area contributed by atoms with Crippen molar-refractivity contribution < 1.29 is 9.50 Å². The number of pyridine rings is 1. The number of nitrogens with zero attached hydrogens (tertiary/aromatic N) is 2. The summed E-state index contributed by atoms with van der Waals surface area (Å²) in [5, 5.41) is 12.2. The molecule has 0 amide bonds. The normalized spacial score (nSPS) is 12.0. The quantitative estimate of drug-likeness (QED) is 0.861. The topological polar surface area (TPSA) is 48.4 Å². The smallest absolute Gasteiger partial charge is 0.126 e. The van der Waals surface area contributed by atoms with Crippen LogP contribution in [0.15, 0.2) is 36.5 Å². The SMILES string of the molecule is Cc1ccc(C(C)Nc2ccc(N(C)CCO)cn2)cc1F. The standard InChI is InChI=1S/C17H22FN3O/c1-12-4-5-14(10-16(12)18)13(2)20-17-7-6-15(11-19-17)21(3)8-9-22/h4-7,10-11,13,22H,8-9H2,1-3H3,(H,19,20). The maximum absolute atomic E-state index is 13.6. The number of anilines is 2. The first-order valence-corrected chi connectivity index (χ1v) is 7.32. The zero-order valence-corrected chi connectivity index (χ0v) is 13.2. The molecule has 5 heteroatoms. The van der Waals surface area contributed by atoms with E-state index in [1.807, 2.05) is 37.1 Å². The molecule has 2 N–H and O–H groups in total. The fourth-order valence-electron chi connectivity index (χ4n) is 2.16. The van der Waals surface area contributed by atoms with Gasteiger partial charge in [0.15, 0.2) is 0 Å². The van der Waals surface area contributed by atoms with Crippen molar-refractivity contribution in [3.63, 3.8) is 0 Å². The number of benzene rings is 1. The summed E-state index contributed by atoms with van der Waals surface area (Å²) in [6, 6.07) is 9.03. The van der Waals surface area contributed by atoms with Gasteiger partial charge in [0.1, 0.15) is 11.6 Å². The Morgan fingerprint density at radius 2 is 2.09 bits per heavy atom. The van der Waals surface area contributed by atoms with Crippen molar-refractivity contribution in [3.05, 3.63) is 53.5 Å². The second-order valence-corrected chi connectivity index (χ2v) is 5.42. The van der Waals surface area contributed by atoms with Crippen LogP contribution in [0.4, 0.5) is 15.9 Å². The van der Waals surface area contributed by atoms with Gasteiger partial charge in [0.2, 0.25) is 0 Å². The molecule has 0 saturated carbocycles. The number of aliphatic hydroxyl groups excluding tert-OH is 1. The molecular formula is C17H22FN3O. The number of aliphatic hydroxyl groups is 1. The molecule has 22 heavy (non-hydrogen) atoms. The van der Waals surface area contributed by atoms with Gasteiger partial charge in [-0.2, -0.15) is 0 Å². The Bertz CT molecular complexity index is 616. The van der Waals surface area contributed by atoms with E-state index in [2.05, 4.69) is 10.3 Å². The first-order chi connectivity index (χ1) is 10.5. The number of aromatic nitrogens is 1. The van der Waals surface area contributed by atoms with Crippen LogP contribution in [-0.4, -0.2) is 30.3 Å². The molecule has 0 aliphatic heterocycles. The highest BCUT2D eigenvalue weighted by molar-refractivity contribution is 5.49. The number of aryl methyl sites for hydroxylation is 1. The Balaban J connectivity index is 2.05. The fraction of sp³-hybridized carbons (Fsp3) is 0.353. The lowest BCUT2D eigenvalue weighted by atomic mass is 10.1. The lowest BCUT2D eigenvalue weighted by Crippen LogP contribution is -2.21. The highest BCUT2D eigenvalue weighted by atomic mass is 19.1. The van der Waals surface area contributed by atoms with Crippen LogP contribution in [0.5, 0.6) is 0 Å². The van der Waals surface area contributed by atoms with Crippen molar-refractivity contribution in [2.24, 2.45) is 0 Å². The predicted octanol–water partition coefficient (Wildman–Crippen LogP) is 3.13. The molecule has 2 aromatic rings. The summed E-state index contributed by atoms with van der Waals surface area (Å²) in [5.74, 6) is 0.537. The van der Waals surface area contributed by atoms with Crippen LogP contribution in [0.2, 0.25) is 0 Å². The van der Waals surface area contributed by atoms with Crippen LogP contribution in [0, 0.1) is 12.7 Å². The highest BCUT2D eigenvalue weighted by Gasteiger charge is 2.09. The van der Waals surface area contributed by atoms with Gasteiger partial charge in [0.25, 0.3) is 0 Å². The summed E-state index contributed by atoms with van der Waals surface area (Å²) < 4.78 is 13.6. The van der Waals surface area contributed by atoms with Crippen molar-refractivity contribution in [3.8, 4) is 0 Å². The molecular weight excluding hydrogens is 281 g/mol. The Morgan fingerprint density at radius 3 is 2.68 bits per heavy atom. The molecule has 1 unspecified atom stereocenters. The summed E-state index contributed by atoms with van der Waals surface area (Å²) in [7, 11) is 1.90. The van der Waals surface area contributed by atoms with Crippen LogP contribution in [0.25, 0.3) is 0 Å². The zero-order chi connectivity index (χ0) is 16.1. The van der Waals surface area contributed by atoms with E-state index in [9.17, 15) is 4.39 Å². The second-order valence-electron chi connectivity index (χ2n) is 5.42. The molecule has 0 radical (unpaired) electrons. The largest absolute Gasteiger partial charge is 0.395 e. The number of halogens is 1. The van der Waals surface area contributed by atoms with Crippen LogP contribution in [0.3, 0.4) is 0 Å². The van der Waals surface area contributed by atoms with Crippen molar-refractivity contribution in [1.82, 2.24) is 4.98 Å². The molecule has 1 atom stereocenters. The van der Waals surface area contributed by atoms with Gasteiger partial charge in [-0.05, 0) is 43.2 Å². The molecule has 2 rings (SSSR count). The third kappa shape index (κ3) is 3.95. The van der Waals surface area contributed by atoms with E-state index in [-0.39, 0.29) is 18.5 Å². The van der Waals surface area contributed by atoms with Gasteiger partial charge in [-0.1, -0.05) is 12.1 Å². The lowest BCUT2D eigenvalue weighted by molar-refractivity contribution is 0.304. The summed E-state index contributed by atoms with van der Waals surface area (Å²) in [4.78, 5) is 6.29. The minimum atomic E-state index is -0.194. The predicted molar refractivity (Wildman–Crippen MR) is 87.8 cm³/mol. The van der Waals surface area contributed by atoms with Crippen LogP contribution in [0.1, 0.15) is 24.1 Å². The van der Waals surface area contributed by atoms with Crippen molar-refractivity contribution in [1.29, 1.82) is 0 Å². The van der Waals surface area contributed by atoms with Crippen LogP contribution < -0.4 is 10.2 Å². The zero-order valence-electron chi connectivity index (χ0n) is 13.2. The van der Waals surface area contributed by atoms with Gasteiger partial charge in [-0.25, -0.2) is 9.37 Å². The van der Waals surface area contributed by atoms with Crippen LogP contribution >= 0.6 is 0 Å². The van der Waals surface area contributed by atoms with Crippen molar-refractivity contribution in [2.45, 2.75) is 19.9 Å². The van der Waals surface area contributed by atoms with Gasteiger partial charge in [-0.15, -0.1) is 0 Å². The molecule has 0 fully saturated rings. The van der Waals surface area contributed by atoms with E-state index in [1.165, 1.54) is 0 Å². The van der Waals surface area contributed by atoms with Gasteiger partial charge >= 0.3 is 0 Å². The molecule has 0 saturated heterocycles. The molecule has 0 aliphatic carbocycles. The average Bonchev–Trinajstić information content (AvgIpc) is 2.51. The van der Waals surface area contributed by atoms with E-state index in [1.54, 1.807) is 25.3 Å². The maximum Gasteiger partial charge on any atom is 0.126 e. The first kappa shape index (κ1) is 16.2. The molecule has 0 bridgehead atoms. The molecule has 118 valence electrons. The van der Waals surface area contributed by atoms with Crippen molar-refractivity contribution in [2.75, 3.05) is 30.4 Å². The van der Waals surface area contributed by atoms with E-state index >= 15 is 0 Å². The fourth-order valence-corrected chi connectivity index (χ4v) is 2.16. The lowest BCUT2D eigenvalue weighted by Gasteiger charge is -2.19. The third-order valence-electron chi connectivity index (χ3n) is 3.68. The van der Waals surface area contributed by atoms with E-state index in [4.69, 9.17) is 5.11 Å². The Hall–Kier alpha value is -2.14. The van der Waals surface area contributed by atoms with E-state index in [0.29, 0.717) is 12.1 Å². The molecule has 4 nitrogen and oxygen atoms in total. The molecule has 1 aromatic carbocycles. The Labute approximate surface area is 130 Å². The average molecular weight is 303 g/mol. The summed E-state index contributed by atoms with van der Waals surface area (Å²) in [6.45, 7) is 4.39. The van der Waals surface area contributed by atoms with Gasteiger partial charge in [-0.3, -0.25) is 0 Å². The minimum Gasteiger partial charge on any atom is -0.395 e. The Kier molecular flexibility index (Phi) is 5.33. The molecule has 1 aromatic heterocycles. The maximum atomic E-state index is 13.6. The van der Waals surface area contributed by atoms with Gasteiger partial charge in [0, 0.05) is 13.6 Å². The van der Waals surface area contributed by atoms with E-state index in [0.717, 1.165) is 17.1 Å². The number of likely N-dealkylation sites (N-methyl/N-ethyl adjacent to an activating group) is 1. The highest BCUT2D eigenvalue weighted by Crippen LogP contribution is 2.21. The second kappa shape index (κ2) is 7.22. The number of rotatable bonds is 6. The number of hydrogen-bond donors (Lipinski definition) is 2. The first-order valence-electron chi connectivity index (χ1n) is 7.32.